The van der Waals surface area contributed by atoms with Gasteiger partial charge in [-0.15, -0.1) is 0 Å². The summed E-state index contributed by atoms with van der Waals surface area (Å²) in [7, 11) is 0. The highest BCUT2D eigenvalue weighted by molar-refractivity contribution is 5.88. The molecule has 1 saturated heterocycles. The molecule has 1 aliphatic heterocycles. The minimum Gasteiger partial charge on any atom is -0.351 e. The lowest BCUT2D eigenvalue weighted by Crippen LogP contribution is -2.51. The summed E-state index contributed by atoms with van der Waals surface area (Å²) < 4.78 is 0. The number of carbonyl (C=O) groups excluding carboxylic acids is 2. The first-order chi connectivity index (χ1) is 10.3. The smallest absolute Gasteiger partial charge is 0.314 e. The zero-order valence-electron chi connectivity index (χ0n) is 13.9. The van der Waals surface area contributed by atoms with Crippen LogP contribution in [0.1, 0.15) is 40.0 Å². The number of allylic oxidation sites excluding steroid dienone is 3. The van der Waals surface area contributed by atoms with Gasteiger partial charge >= 0.3 is 6.03 Å². The van der Waals surface area contributed by atoms with Crippen molar-refractivity contribution in [3.63, 3.8) is 0 Å². The van der Waals surface area contributed by atoms with Gasteiger partial charge in [0.15, 0.2) is 0 Å². The molecular weight excluding hydrogens is 278 g/mol. The Morgan fingerprint density at radius 3 is 2.27 bits per heavy atom. The lowest BCUT2D eigenvalue weighted by Gasteiger charge is -2.34. The fourth-order valence-corrected chi connectivity index (χ4v) is 3.42. The molecule has 3 amide bonds. The van der Waals surface area contributed by atoms with Crippen LogP contribution in [-0.4, -0.2) is 47.9 Å². The van der Waals surface area contributed by atoms with E-state index < -0.39 is 6.03 Å². The maximum Gasteiger partial charge on any atom is 0.314 e. The molecule has 0 bridgehead atoms. The number of hydrogen-bond donors (Lipinski definition) is 1. The summed E-state index contributed by atoms with van der Waals surface area (Å²) in [5.74, 6) is 0.0193. The second kappa shape index (κ2) is 6.55. The Labute approximate surface area is 132 Å². The van der Waals surface area contributed by atoms with Crippen molar-refractivity contribution in [1.29, 1.82) is 0 Å². The van der Waals surface area contributed by atoms with Crippen LogP contribution in [0.4, 0.5) is 4.79 Å². The van der Waals surface area contributed by atoms with Crippen LogP contribution in [0.15, 0.2) is 23.3 Å². The summed E-state index contributed by atoms with van der Waals surface area (Å²) in [5.41, 5.74) is 8.08. The molecule has 2 rings (SSSR count). The Morgan fingerprint density at radius 1 is 1.14 bits per heavy atom. The zero-order chi connectivity index (χ0) is 16.3. The standard InChI is InChI=1S/C17H27N3O2/c1-13-5-4-8-17(2,3)14(13)6-7-15(21)19-9-11-20(12-10-19)16(18)22/h6-7H,4-5,8-12H2,1-3H3,(H2,18,22)/b7-6+. The number of carbonyl (C=O) groups is 2. The van der Waals surface area contributed by atoms with Gasteiger partial charge in [0, 0.05) is 32.3 Å². The highest BCUT2D eigenvalue weighted by atomic mass is 16.2. The van der Waals surface area contributed by atoms with Crippen molar-refractivity contribution >= 4 is 11.9 Å². The Morgan fingerprint density at radius 2 is 1.73 bits per heavy atom. The van der Waals surface area contributed by atoms with Gasteiger partial charge < -0.3 is 15.5 Å². The zero-order valence-corrected chi connectivity index (χ0v) is 13.9. The molecule has 0 radical (unpaired) electrons. The maximum atomic E-state index is 12.3. The summed E-state index contributed by atoms with van der Waals surface area (Å²) in [6.45, 7) is 8.78. The fourth-order valence-electron chi connectivity index (χ4n) is 3.42. The van der Waals surface area contributed by atoms with Crippen molar-refractivity contribution in [2.24, 2.45) is 11.1 Å². The first-order valence-corrected chi connectivity index (χ1v) is 8.03. The summed E-state index contributed by atoms with van der Waals surface area (Å²) in [5, 5.41) is 0. The van der Waals surface area contributed by atoms with Crippen molar-refractivity contribution in [3.8, 4) is 0 Å². The van der Waals surface area contributed by atoms with Crippen molar-refractivity contribution in [2.45, 2.75) is 40.0 Å². The summed E-state index contributed by atoms with van der Waals surface area (Å²) in [6.07, 6.45) is 7.19. The van der Waals surface area contributed by atoms with Crippen LogP contribution in [0.25, 0.3) is 0 Å². The van der Waals surface area contributed by atoms with E-state index >= 15 is 0 Å². The monoisotopic (exact) mass is 305 g/mol. The topological polar surface area (TPSA) is 66.6 Å². The van der Waals surface area contributed by atoms with Gasteiger partial charge in [0.25, 0.3) is 0 Å². The van der Waals surface area contributed by atoms with E-state index in [9.17, 15) is 9.59 Å². The second-order valence-corrected chi connectivity index (χ2v) is 6.92. The van der Waals surface area contributed by atoms with Crippen LogP contribution in [-0.2, 0) is 4.79 Å². The average Bonchev–Trinajstić information content (AvgIpc) is 2.46. The average molecular weight is 305 g/mol. The van der Waals surface area contributed by atoms with E-state index in [2.05, 4.69) is 20.8 Å². The number of urea groups is 1. The molecule has 2 N–H and O–H groups in total. The molecule has 1 fully saturated rings. The molecular formula is C17H27N3O2. The lowest BCUT2D eigenvalue weighted by atomic mass is 9.72. The minimum absolute atomic E-state index is 0.0193. The predicted molar refractivity (Wildman–Crippen MR) is 87.2 cm³/mol. The number of piperazine rings is 1. The normalized spacial score (nSPS) is 22.3. The maximum absolute atomic E-state index is 12.3. The largest absolute Gasteiger partial charge is 0.351 e. The first-order valence-electron chi connectivity index (χ1n) is 8.03. The molecule has 0 aromatic rings. The van der Waals surface area contributed by atoms with E-state index in [0.717, 1.165) is 12.8 Å². The molecule has 0 saturated carbocycles. The van der Waals surface area contributed by atoms with Gasteiger partial charge in [0.2, 0.25) is 5.91 Å². The van der Waals surface area contributed by atoms with Crippen LogP contribution in [0.3, 0.4) is 0 Å². The third-order valence-corrected chi connectivity index (χ3v) is 4.84. The van der Waals surface area contributed by atoms with E-state index in [1.54, 1.807) is 15.9 Å². The van der Waals surface area contributed by atoms with E-state index in [1.807, 2.05) is 6.08 Å². The molecule has 2 aliphatic rings. The SMILES string of the molecule is CC1=C(/C=C/C(=O)N2CCN(C(N)=O)CC2)C(C)(C)CCC1. The molecule has 0 unspecified atom stereocenters. The van der Waals surface area contributed by atoms with Crippen molar-refractivity contribution in [3.05, 3.63) is 23.3 Å². The Balaban J connectivity index is 1.99. The van der Waals surface area contributed by atoms with Crippen molar-refractivity contribution < 1.29 is 9.59 Å². The first kappa shape index (κ1) is 16.6. The highest BCUT2D eigenvalue weighted by Gasteiger charge is 2.27. The van der Waals surface area contributed by atoms with Gasteiger partial charge in [-0.25, -0.2) is 4.79 Å². The second-order valence-electron chi connectivity index (χ2n) is 6.92. The third-order valence-electron chi connectivity index (χ3n) is 4.84. The summed E-state index contributed by atoms with van der Waals surface area (Å²) >= 11 is 0. The van der Waals surface area contributed by atoms with Crippen molar-refractivity contribution in [1.82, 2.24) is 9.80 Å². The van der Waals surface area contributed by atoms with Crippen LogP contribution in [0.5, 0.6) is 0 Å². The number of hydrogen-bond acceptors (Lipinski definition) is 2. The van der Waals surface area contributed by atoms with E-state index in [4.69, 9.17) is 5.73 Å². The predicted octanol–water partition coefficient (Wildman–Crippen LogP) is 2.29. The lowest BCUT2D eigenvalue weighted by molar-refractivity contribution is -0.127. The molecule has 0 atom stereocenters. The number of rotatable bonds is 2. The number of amides is 3. The molecule has 0 aromatic carbocycles. The van der Waals surface area contributed by atoms with Gasteiger partial charge in [0.1, 0.15) is 0 Å². The van der Waals surface area contributed by atoms with E-state index in [1.165, 1.54) is 17.6 Å². The molecule has 122 valence electrons. The Hall–Kier alpha value is -1.78. The van der Waals surface area contributed by atoms with Gasteiger partial charge in [-0.1, -0.05) is 25.5 Å². The Kier molecular flexibility index (Phi) is 4.94. The molecule has 22 heavy (non-hydrogen) atoms. The molecule has 5 heteroatoms. The van der Waals surface area contributed by atoms with Crippen LogP contribution in [0, 0.1) is 5.41 Å². The molecule has 5 nitrogen and oxygen atoms in total. The Bertz CT molecular complexity index is 512. The molecule has 1 aliphatic carbocycles. The number of nitrogens with zero attached hydrogens (tertiary/aromatic N) is 2. The quantitative estimate of drug-likeness (QED) is 0.795. The van der Waals surface area contributed by atoms with Gasteiger partial charge in [0.05, 0.1) is 0 Å². The van der Waals surface area contributed by atoms with E-state index in [-0.39, 0.29) is 11.3 Å². The number of primary amides is 1. The van der Waals surface area contributed by atoms with Crippen molar-refractivity contribution in [2.75, 3.05) is 26.2 Å². The van der Waals surface area contributed by atoms with Gasteiger partial charge in [-0.2, -0.15) is 0 Å². The van der Waals surface area contributed by atoms with Crippen LogP contribution < -0.4 is 5.73 Å². The molecule has 1 heterocycles. The minimum atomic E-state index is -0.410. The van der Waals surface area contributed by atoms with E-state index in [0.29, 0.717) is 26.2 Å². The number of nitrogens with two attached hydrogens (primary N) is 1. The van der Waals surface area contributed by atoms with Crippen LogP contribution in [0.2, 0.25) is 0 Å². The van der Waals surface area contributed by atoms with Gasteiger partial charge in [-0.05, 0) is 37.2 Å². The molecule has 0 spiro atoms. The molecule has 0 aromatic heterocycles. The van der Waals surface area contributed by atoms with Crippen LogP contribution >= 0.6 is 0 Å². The fraction of sp³-hybridized carbons (Fsp3) is 0.647. The van der Waals surface area contributed by atoms with Gasteiger partial charge in [-0.3, -0.25) is 4.79 Å². The third kappa shape index (κ3) is 3.70. The summed E-state index contributed by atoms with van der Waals surface area (Å²) in [4.78, 5) is 26.8. The summed E-state index contributed by atoms with van der Waals surface area (Å²) in [6, 6.07) is -0.410. The highest BCUT2D eigenvalue weighted by Crippen LogP contribution is 2.40.